The number of carbonyl (C=O) groups excluding carboxylic acids is 2. The van der Waals surface area contributed by atoms with Gasteiger partial charge in [-0.2, -0.15) is 5.26 Å². The van der Waals surface area contributed by atoms with E-state index in [0.29, 0.717) is 29.2 Å². The number of hydrogen-bond acceptors (Lipinski definition) is 5. The van der Waals surface area contributed by atoms with Crippen molar-refractivity contribution in [1.82, 2.24) is 4.90 Å². The zero-order valence-electron chi connectivity index (χ0n) is 16.1. The summed E-state index contributed by atoms with van der Waals surface area (Å²) < 4.78 is 11.1. The second-order valence-corrected chi connectivity index (χ2v) is 6.10. The monoisotopic (exact) mass is 378 g/mol. The maximum Gasteiger partial charge on any atom is 0.259 e. The Morgan fingerprint density at radius 1 is 1.07 bits per heavy atom. The van der Waals surface area contributed by atoms with Crippen LogP contribution in [0.4, 0.5) is 0 Å². The van der Waals surface area contributed by atoms with E-state index in [0.717, 1.165) is 5.56 Å². The van der Waals surface area contributed by atoms with Gasteiger partial charge in [0.05, 0.1) is 18.2 Å². The molecule has 28 heavy (non-hydrogen) atoms. The first kappa shape index (κ1) is 20.7. The number of ether oxygens (including phenoxy) is 2. The summed E-state index contributed by atoms with van der Waals surface area (Å²) >= 11 is 0. The van der Waals surface area contributed by atoms with Gasteiger partial charge in [0.1, 0.15) is 0 Å². The first-order valence-electron chi connectivity index (χ1n) is 8.77. The van der Waals surface area contributed by atoms with Crippen LogP contribution in [-0.4, -0.2) is 43.9 Å². The fourth-order valence-electron chi connectivity index (χ4n) is 2.26. The molecule has 0 fully saturated rings. The second kappa shape index (κ2) is 9.93. The van der Waals surface area contributed by atoms with E-state index in [1.54, 1.807) is 62.6 Å². The van der Waals surface area contributed by atoms with Gasteiger partial charge in [0.25, 0.3) is 5.91 Å². The van der Waals surface area contributed by atoms with E-state index in [2.05, 4.69) is 0 Å². The van der Waals surface area contributed by atoms with Gasteiger partial charge in [-0.25, -0.2) is 0 Å². The highest BCUT2D eigenvalue weighted by molar-refractivity contribution is 6.06. The van der Waals surface area contributed by atoms with E-state index in [4.69, 9.17) is 14.7 Å². The van der Waals surface area contributed by atoms with Gasteiger partial charge < -0.3 is 14.4 Å². The molecule has 0 heterocycles. The van der Waals surface area contributed by atoms with Crippen molar-refractivity contribution < 1.29 is 19.1 Å². The maximum atomic E-state index is 12.3. The van der Waals surface area contributed by atoms with E-state index in [1.165, 1.54) is 11.0 Å². The lowest BCUT2D eigenvalue weighted by Gasteiger charge is -2.14. The maximum absolute atomic E-state index is 12.3. The third-order valence-electron chi connectivity index (χ3n) is 3.84. The molecule has 0 aliphatic rings. The third kappa shape index (κ3) is 5.71. The summed E-state index contributed by atoms with van der Waals surface area (Å²) in [6, 6.07) is 13.7. The van der Waals surface area contributed by atoms with Crippen LogP contribution in [-0.2, 0) is 4.79 Å². The van der Waals surface area contributed by atoms with Crippen molar-refractivity contribution in [3.63, 3.8) is 0 Å². The lowest BCUT2D eigenvalue weighted by molar-refractivity contribution is -0.130. The van der Waals surface area contributed by atoms with Crippen LogP contribution in [0.15, 0.2) is 48.5 Å². The molecular formula is C22H22N2O4. The minimum atomic E-state index is -0.167. The van der Waals surface area contributed by atoms with Crippen LogP contribution in [0.3, 0.4) is 0 Å². The van der Waals surface area contributed by atoms with E-state index in [1.807, 2.05) is 13.0 Å². The summed E-state index contributed by atoms with van der Waals surface area (Å²) in [5.74, 6) is 0.647. The zero-order chi connectivity index (χ0) is 20.5. The third-order valence-corrected chi connectivity index (χ3v) is 3.84. The molecule has 0 radical (unpaired) electrons. The van der Waals surface area contributed by atoms with Crippen molar-refractivity contribution in [2.24, 2.45) is 0 Å². The molecule has 2 rings (SSSR count). The number of likely N-dealkylation sites (N-methyl/N-ethyl adjacent to an activating group) is 1. The van der Waals surface area contributed by atoms with Gasteiger partial charge in [0, 0.05) is 19.7 Å². The van der Waals surface area contributed by atoms with Crippen LogP contribution in [0.1, 0.15) is 28.4 Å². The Morgan fingerprint density at radius 3 is 2.39 bits per heavy atom. The number of benzene rings is 2. The summed E-state index contributed by atoms with van der Waals surface area (Å²) in [5, 5.41) is 8.81. The van der Waals surface area contributed by atoms with Crippen LogP contribution >= 0.6 is 0 Å². The highest BCUT2D eigenvalue weighted by Gasteiger charge is 2.10. The number of nitriles is 1. The quantitative estimate of drug-likeness (QED) is 0.520. The molecule has 2 aromatic rings. The minimum Gasteiger partial charge on any atom is -0.490 e. The Hall–Kier alpha value is -3.59. The number of nitrogens with zero attached hydrogens (tertiary/aromatic N) is 2. The van der Waals surface area contributed by atoms with Gasteiger partial charge in [0.15, 0.2) is 23.9 Å². The first-order chi connectivity index (χ1) is 13.4. The number of rotatable bonds is 8. The molecule has 0 atom stereocenters. The summed E-state index contributed by atoms with van der Waals surface area (Å²) in [5.41, 5.74) is 1.77. The molecule has 1 amide bonds. The van der Waals surface area contributed by atoms with E-state index >= 15 is 0 Å². The summed E-state index contributed by atoms with van der Waals surface area (Å²) in [6.45, 7) is 2.21. The van der Waals surface area contributed by atoms with Crippen molar-refractivity contribution in [3.05, 3.63) is 65.2 Å². The van der Waals surface area contributed by atoms with Gasteiger partial charge in [-0.3, -0.25) is 9.59 Å². The summed E-state index contributed by atoms with van der Waals surface area (Å²) in [4.78, 5) is 25.4. The highest BCUT2D eigenvalue weighted by Crippen LogP contribution is 2.29. The standard InChI is InChI=1S/C22H22N2O4/c1-4-27-21-13-16(8-12-20(21)28-15-22(26)24(2)3)7-11-19(25)18-9-5-17(14-23)6-10-18/h5-13H,4,15H2,1-3H3/b11-7+. The number of allylic oxidation sites excluding steroid dienone is 1. The SMILES string of the molecule is CCOc1cc(/C=C/C(=O)c2ccc(C#N)cc2)ccc1OCC(=O)N(C)C. The van der Waals surface area contributed by atoms with Crippen molar-refractivity contribution in [2.75, 3.05) is 27.3 Å². The zero-order valence-corrected chi connectivity index (χ0v) is 16.1. The number of amides is 1. The van der Waals surface area contributed by atoms with Crippen LogP contribution in [0.2, 0.25) is 0 Å². The summed E-state index contributed by atoms with van der Waals surface area (Å²) in [6.07, 6.45) is 3.14. The molecule has 0 aliphatic heterocycles. The molecule has 0 N–H and O–H groups in total. The van der Waals surface area contributed by atoms with Crippen LogP contribution in [0.25, 0.3) is 6.08 Å². The van der Waals surface area contributed by atoms with E-state index in [-0.39, 0.29) is 18.3 Å². The lowest BCUT2D eigenvalue weighted by atomic mass is 10.1. The Labute approximate surface area is 164 Å². The molecule has 0 saturated heterocycles. The molecule has 144 valence electrons. The molecule has 6 heteroatoms. The molecule has 0 spiro atoms. The van der Waals surface area contributed by atoms with Gasteiger partial charge in [-0.1, -0.05) is 12.1 Å². The topological polar surface area (TPSA) is 79.6 Å². The van der Waals surface area contributed by atoms with Gasteiger partial charge in [0.2, 0.25) is 0 Å². The molecule has 6 nitrogen and oxygen atoms in total. The Bertz CT molecular complexity index is 909. The largest absolute Gasteiger partial charge is 0.490 e. The number of ketones is 1. The molecule has 0 unspecified atom stereocenters. The van der Waals surface area contributed by atoms with Crippen molar-refractivity contribution in [1.29, 1.82) is 5.26 Å². The molecule has 0 saturated carbocycles. The van der Waals surface area contributed by atoms with Gasteiger partial charge in [-0.15, -0.1) is 0 Å². The Kier molecular flexibility index (Phi) is 7.35. The van der Waals surface area contributed by atoms with Crippen molar-refractivity contribution >= 4 is 17.8 Å². The average molecular weight is 378 g/mol. The predicted molar refractivity (Wildman–Crippen MR) is 106 cm³/mol. The number of carbonyl (C=O) groups is 2. The lowest BCUT2D eigenvalue weighted by Crippen LogP contribution is -2.27. The van der Waals surface area contributed by atoms with Crippen LogP contribution in [0.5, 0.6) is 11.5 Å². The fraction of sp³-hybridized carbons (Fsp3) is 0.227. The van der Waals surface area contributed by atoms with Crippen LogP contribution < -0.4 is 9.47 Å². The smallest absolute Gasteiger partial charge is 0.259 e. The second-order valence-electron chi connectivity index (χ2n) is 6.10. The Balaban J connectivity index is 2.13. The molecule has 0 aromatic heterocycles. The minimum absolute atomic E-state index is 0.0839. The molecule has 2 aromatic carbocycles. The van der Waals surface area contributed by atoms with E-state index in [9.17, 15) is 9.59 Å². The van der Waals surface area contributed by atoms with Gasteiger partial charge >= 0.3 is 0 Å². The molecule has 0 bridgehead atoms. The van der Waals surface area contributed by atoms with E-state index < -0.39 is 0 Å². The number of hydrogen-bond donors (Lipinski definition) is 0. The first-order valence-corrected chi connectivity index (χ1v) is 8.77. The van der Waals surface area contributed by atoms with Crippen molar-refractivity contribution in [2.45, 2.75) is 6.92 Å². The van der Waals surface area contributed by atoms with Crippen LogP contribution in [0, 0.1) is 11.3 Å². The van der Waals surface area contributed by atoms with Crippen molar-refractivity contribution in [3.8, 4) is 17.6 Å². The predicted octanol–water partition coefficient (Wildman–Crippen LogP) is 3.32. The molecule has 0 aliphatic carbocycles. The summed E-state index contributed by atoms with van der Waals surface area (Å²) in [7, 11) is 3.32. The normalized spacial score (nSPS) is 10.4. The molecular weight excluding hydrogens is 356 g/mol. The highest BCUT2D eigenvalue weighted by atomic mass is 16.5. The van der Waals surface area contributed by atoms with Gasteiger partial charge in [-0.05, 0) is 55.0 Å². The Morgan fingerprint density at radius 2 is 1.79 bits per heavy atom. The average Bonchev–Trinajstić information content (AvgIpc) is 2.71. The fourth-order valence-corrected chi connectivity index (χ4v) is 2.26.